The molecule has 0 aromatic rings. The molecule has 0 aromatic heterocycles. The molecule has 2 rings (SSSR count). The molecule has 2 unspecified atom stereocenters. The molecule has 0 aromatic carbocycles. The van der Waals surface area contributed by atoms with E-state index in [1.165, 1.54) is 4.90 Å². The van der Waals surface area contributed by atoms with Gasteiger partial charge in [0, 0.05) is 6.54 Å². The van der Waals surface area contributed by atoms with E-state index in [1.807, 2.05) is 0 Å². The second-order valence-corrected chi connectivity index (χ2v) is 4.48. The first-order chi connectivity index (χ1) is 7.68. The van der Waals surface area contributed by atoms with Crippen molar-refractivity contribution in [3.05, 3.63) is 0 Å². The van der Waals surface area contributed by atoms with Gasteiger partial charge in [0.2, 0.25) is 0 Å². The Labute approximate surface area is 94.4 Å². The molecule has 0 spiro atoms. The van der Waals surface area contributed by atoms with E-state index in [1.54, 1.807) is 0 Å². The summed E-state index contributed by atoms with van der Waals surface area (Å²) in [5, 5.41) is 9.64. The fourth-order valence-corrected chi connectivity index (χ4v) is 2.42. The number of carbonyl (C=O) groups excluding carboxylic acids is 2. The monoisotopic (exact) mass is 227 g/mol. The van der Waals surface area contributed by atoms with Crippen LogP contribution < -0.4 is 0 Å². The lowest BCUT2D eigenvalue weighted by Crippen LogP contribution is -2.47. The van der Waals surface area contributed by atoms with Crippen molar-refractivity contribution in [2.75, 3.05) is 19.8 Å². The highest BCUT2D eigenvalue weighted by Gasteiger charge is 2.30. The molecule has 1 N–H and O–H groups in total. The summed E-state index contributed by atoms with van der Waals surface area (Å²) in [6, 6.07) is 0. The van der Waals surface area contributed by atoms with Crippen molar-refractivity contribution in [1.82, 2.24) is 4.90 Å². The maximum absolute atomic E-state index is 11.4. The third-order valence-corrected chi connectivity index (χ3v) is 3.40. The van der Waals surface area contributed by atoms with Gasteiger partial charge in [-0.1, -0.05) is 6.42 Å². The number of ether oxygens (including phenoxy) is 1. The molecule has 2 amide bonds. The lowest BCUT2D eigenvalue weighted by molar-refractivity contribution is -0.158. The molecule has 2 aliphatic rings. The maximum Gasteiger partial charge on any atom is 0.255 e. The van der Waals surface area contributed by atoms with Crippen LogP contribution in [0, 0.1) is 5.92 Å². The van der Waals surface area contributed by atoms with Crippen LogP contribution in [-0.4, -0.2) is 47.7 Å². The Kier molecular flexibility index (Phi) is 3.56. The van der Waals surface area contributed by atoms with Crippen molar-refractivity contribution in [2.24, 2.45) is 5.92 Å². The van der Waals surface area contributed by atoms with E-state index < -0.39 is 0 Å². The normalized spacial score (nSPS) is 31.2. The maximum atomic E-state index is 11.4. The van der Waals surface area contributed by atoms with Crippen LogP contribution in [0.3, 0.4) is 0 Å². The third kappa shape index (κ3) is 2.41. The predicted octanol–water partition coefficient (Wildman–Crippen LogP) is -0.0771. The molecule has 0 bridgehead atoms. The van der Waals surface area contributed by atoms with Crippen molar-refractivity contribution >= 4 is 11.8 Å². The number of hydrogen-bond acceptors (Lipinski definition) is 4. The zero-order valence-corrected chi connectivity index (χ0v) is 9.22. The number of amides is 2. The summed E-state index contributed by atoms with van der Waals surface area (Å²) in [5.41, 5.74) is 0. The Morgan fingerprint density at radius 2 is 1.94 bits per heavy atom. The van der Waals surface area contributed by atoms with E-state index in [2.05, 4.69) is 0 Å². The molecule has 2 fully saturated rings. The Bertz CT molecular complexity index is 276. The molecule has 5 heteroatoms. The minimum atomic E-state index is -0.260. The Morgan fingerprint density at radius 1 is 1.25 bits per heavy atom. The number of carbonyl (C=O) groups is 2. The molecule has 0 radical (unpaired) electrons. The van der Waals surface area contributed by atoms with E-state index >= 15 is 0 Å². The molecule has 2 atom stereocenters. The minimum Gasteiger partial charge on any atom is -0.393 e. The third-order valence-electron chi connectivity index (χ3n) is 3.40. The van der Waals surface area contributed by atoms with Gasteiger partial charge in [0.1, 0.15) is 13.2 Å². The number of imide groups is 1. The molecule has 1 saturated heterocycles. The van der Waals surface area contributed by atoms with Crippen LogP contribution in [0.4, 0.5) is 0 Å². The number of nitrogens with zero attached hydrogens (tertiary/aromatic N) is 1. The molecule has 16 heavy (non-hydrogen) atoms. The van der Waals surface area contributed by atoms with E-state index in [0.717, 1.165) is 19.3 Å². The minimum absolute atomic E-state index is 0.00103. The predicted molar refractivity (Wildman–Crippen MR) is 55.5 cm³/mol. The van der Waals surface area contributed by atoms with E-state index in [0.29, 0.717) is 13.0 Å². The van der Waals surface area contributed by atoms with Crippen molar-refractivity contribution in [3.63, 3.8) is 0 Å². The summed E-state index contributed by atoms with van der Waals surface area (Å²) in [6.45, 7) is 0.417. The average Bonchev–Trinajstić information content (AvgIpc) is 2.64. The molecule has 1 heterocycles. The highest BCUT2D eigenvalue weighted by molar-refractivity contribution is 5.98. The SMILES string of the molecule is O=C1COCC(=O)N1CCC1CCCC1O. The van der Waals surface area contributed by atoms with Crippen molar-refractivity contribution < 1.29 is 19.4 Å². The Hall–Kier alpha value is -0.940. The van der Waals surface area contributed by atoms with Gasteiger partial charge in [-0.25, -0.2) is 0 Å². The largest absolute Gasteiger partial charge is 0.393 e. The van der Waals surface area contributed by atoms with Gasteiger partial charge >= 0.3 is 0 Å². The second kappa shape index (κ2) is 4.93. The summed E-state index contributed by atoms with van der Waals surface area (Å²) < 4.78 is 4.83. The van der Waals surface area contributed by atoms with E-state index in [4.69, 9.17) is 4.74 Å². The standard InChI is InChI=1S/C11H17NO4/c13-9-3-1-2-8(9)4-5-12-10(14)6-16-7-11(12)15/h8-9,13H,1-7H2. The van der Waals surface area contributed by atoms with Gasteiger partial charge < -0.3 is 9.84 Å². The summed E-state index contributed by atoms with van der Waals surface area (Å²) >= 11 is 0. The van der Waals surface area contributed by atoms with Gasteiger partial charge in [-0.3, -0.25) is 14.5 Å². The zero-order valence-electron chi connectivity index (χ0n) is 9.22. The summed E-state index contributed by atoms with van der Waals surface area (Å²) in [7, 11) is 0. The van der Waals surface area contributed by atoms with Crippen molar-refractivity contribution in [3.8, 4) is 0 Å². The molecular weight excluding hydrogens is 210 g/mol. The number of aliphatic hydroxyl groups excluding tert-OH is 1. The molecule has 1 saturated carbocycles. The van der Waals surface area contributed by atoms with Crippen LogP contribution in [0.1, 0.15) is 25.7 Å². The van der Waals surface area contributed by atoms with Crippen LogP contribution >= 0.6 is 0 Å². The van der Waals surface area contributed by atoms with Crippen LogP contribution in [0.15, 0.2) is 0 Å². The molecule has 5 nitrogen and oxygen atoms in total. The van der Waals surface area contributed by atoms with Gasteiger partial charge in [-0.2, -0.15) is 0 Å². The van der Waals surface area contributed by atoms with E-state index in [9.17, 15) is 14.7 Å². The first kappa shape index (κ1) is 11.5. The first-order valence-corrected chi connectivity index (χ1v) is 5.77. The lowest BCUT2D eigenvalue weighted by atomic mass is 10.0. The van der Waals surface area contributed by atoms with Crippen LogP contribution in [-0.2, 0) is 14.3 Å². The van der Waals surface area contributed by atoms with Gasteiger partial charge in [-0.05, 0) is 25.2 Å². The lowest BCUT2D eigenvalue weighted by Gasteiger charge is -2.26. The topological polar surface area (TPSA) is 66.8 Å². The Balaban J connectivity index is 1.84. The Morgan fingerprint density at radius 3 is 2.50 bits per heavy atom. The van der Waals surface area contributed by atoms with Gasteiger partial charge in [0.25, 0.3) is 11.8 Å². The van der Waals surface area contributed by atoms with Crippen molar-refractivity contribution in [1.29, 1.82) is 0 Å². The van der Waals surface area contributed by atoms with Gasteiger partial charge in [0.05, 0.1) is 6.10 Å². The zero-order chi connectivity index (χ0) is 11.5. The first-order valence-electron chi connectivity index (χ1n) is 5.77. The van der Waals surface area contributed by atoms with E-state index in [-0.39, 0.29) is 37.0 Å². The number of morpholine rings is 1. The van der Waals surface area contributed by atoms with Crippen molar-refractivity contribution in [2.45, 2.75) is 31.8 Å². The number of rotatable bonds is 3. The summed E-state index contributed by atoms with van der Waals surface area (Å²) in [6.07, 6.45) is 3.32. The molecule has 1 aliphatic heterocycles. The highest BCUT2D eigenvalue weighted by Crippen LogP contribution is 2.28. The quantitative estimate of drug-likeness (QED) is 0.685. The smallest absolute Gasteiger partial charge is 0.255 e. The molecular formula is C11H17NO4. The fourth-order valence-electron chi connectivity index (χ4n) is 2.42. The highest BCUT2D eigenvalue weighted by atomic mass is 16.5. The molecule has 1 aliphatic carbocycles. The van der Waals surface area contributed by atoms with Crippen LogP contribution in [0.5, 0.6) is 0 Å². The fraction of sp³-hybridized carbons (Fsp3) is 0.818. The van der Waals surface area contributed by atoms with Crippen LogP contribution in [0.25, 0.3) is 0 Å². The summed E-state index contributed by atoms with van der Waals surface area (Å²) in [5.74, 6) is -0.282. The number of hydrogen-bond donors (Lipinski definition) is 1. The number of aliphatic hydroxyl groups is 1. The average molecular weight is 227 g/mol. The van der Waals surface area contributed by atoms with Gasteiger partial charge in [0.15, 0.2) is 0 Å². The van der Waals surface area contributed by atoms with Crippen LogP contribution in [0.2, 0.25) is 0 Å². The van der Waals surface area contributed by atoms with Gasteiger partial charge in [-0.15, -0.1) is 0 Å². The molecule has 90 valence electrons. The second-order valence-electron chi connectivity index (χ2n) is 4.48. The summed E-state index contributed by atoms with van der Waals surface area (Å²) in [4.78, 5) is 24.1.